The molecule has 0 aromatic carbocycles. The van der Waals surface area contributed by atoms with E-state index in [2.05, 4.69) is 0 Å². The number of nitrogens with zero attached hydrogens (tertiary/aromatic N) is 1. The van der Waals surface area contributed by atoms with Crippen molar-refractivity contribution in [1.29, 1.82) is 0 Å². The molecule has 0 aromatic rings. The summed E-state index contributed by atoms with van der Waals surface area (Å²) in [4.78, 5) is 12.3. The number of carbonyl (C=O) groups excluding carboxylic acids is 1. The molecule has 0 aliphatic heterocycles. The summed E-state index contributed by atoms with van der Waals surface area (Å²) >= 11 is 4.70. The van der Waals surface area contributed by atoms with Crippen molar-refractivity contribution in [2.75, 3.05) is 19.7 Å². The molecule has 3 N–H and O–H groups in total. The molecular formula is C10H17F3N2O2S. The summed E-state index contributed by atoms with van der Waals surface area (Å²) in [5.41, 5.74) is 5.38. The minimum Gasteiger partial charge on any atom is -0.395 e. The Kier molecular flexibility index (Phi) is 6.55. The Morgan fingerprint density at radius 2 is 1.94 bits per heavy atom. The summed E-state index contributed by atoms with van der Waals surface area (Å²) in [6.45, 7) is 0.922. The summed E-state index contributed by atoms with van der Waals surface area (Å²) < 4.78 is 36.9. The highest BCUT2D eigenvalue weighted by atomic mass is 32.1. The van der Waals surface area contributed by atoms with E-state index in [1.807, 2.05) is 0 Å². The van der Waals surface area contributed by atoms with Crippen LogP contribution in [0, 0.1) is 11.8 Å². The van der Waals surface area contributed by atoms with Crippen molar-refractivity contribution in [3.63, 3.8) is 0 Å². The highest BCUT2D eigenvalue weighted by Crippen LogP contribution is 2.20. The minimum atomic E-state index is -4.53. The number of aliphatic hydroxyl groups excluding tert-OH is 1. The van der Waals surface area contributed by atoms with E-state index in [4.69, 9.17) is 23.1 Å². The maximum atomic E-state index is 12.3. The summed E-state index contributed by atoms with van der Waals surface area (Å²) in [5.74, 6) is -2.05. The Bertz CT molecular complexity index is 308. The van der Waals surface area contributed by atoms with Crippen LogP contribution >= 0.6 is 12.2 Å². The Labute approximate surface area is 109 Å². The Balaban J connectivity index is 4.99. The van der Waals surface area contributed by atoms with Gasteiger partial charge in [0.1, 0.15) is 6.54 Å². The lowest BCUT2D eigenvalue weighted by Gasteiger charge is -2.28. The van der Waals surface area contributed by atoms with Gasteiger partial charge in [-0.1, -0.05) is 26.1 Å². The van der Waals surface area contributed by atoms with E-state index < -0.39 is 37.7 Å². The van der Waals surface area contributed by atoms with Gasteiger partial charge in [-0.25, -0.2) is 0 Å². The number of amides is 1. The molecule has 0 radical (unpaired) electrons. The van der Waals surface area contributed by atoms with E-state index in [0.717, 1.165) is 0 Å². The smallest absolute Gasteiger partial charge is 0.395 e. The Hall–Kier alpha value is -0.890. The molecule has 8 heteroatoms. The molecule has 0 fully saturated rings. The zero-order chi connectivity index (χ0) is 14.5. The molecule has 4 nitrogen and oxygen atoms in total. The SMILES string of the molecule is CC(C)C(C(=O)N(CCO)CC(F)(F)F)C(N)=S. The first kappa shape index (κ1) is 17.1. The van der Waals surface area contributed by atoms with Crippen molar-refractivity contribution in [2.45, 2.75) is 20.0 Å². The fraction of sp³-hybridized carbons (Fsp3) is 0.800. The maximum Gasteiger partial charge on any atom is 0.406 e. The van der Waals surface area contributed by atoms with Gasteiger partial charge in [-0.3, -0.25) is 4.79 Å². The van der Waals surface area contributed by atoms with Crippen LogP contribution in [0.15, 0.2) is 0 Å². The molecular weight excluding hydrogens is 269 g/mol. The number of rotatable bonds is 6. The first-order valence-corrected chi connectivity index (χ1v) is 5.76. The lowest BCUT2D eigenvalue weighted by atomic mass is 9.94. The van der Waals surface area contributed by atoms with E-state index in [1.165, 1.54) is 0 Å². The van der Waals surface area contributed by atoms with E-state index in [1.54, 1.807) is 13.8 Å². The highest BCUT2D eigenvalue weighted by molar-refractivity contribution is 7.80. The van der Waals surface area contributed by atoms with Crippen molar-refractivity contribution >= 4 is 23.1 Å². The van der Waals surface area contributed by atoms with E-state index in [9.17, 15) is 18.0 Å². The Morgan fingerprint density at radius 3 is 2.22 bits per heavy atom. The number of hydrogen-bond acceptors (Lipinski definition) is 3. The Morgan fingerprint density at radius 1 is 1.44 bits per heavy atom. The van der Waals surface area contributed by atoms with Crippen LogP contribution in [0.25, 0.3) is 0 Å². The van der Waals surface area contributed by atoms with Gasteiger partial charge in [-0.2, -0.15) is 13.2 Å². The van der Waals surface area contributed by atoms with Crippen molar-refractivity contribution < 1.29 is 23.1 Å². The van der Waals surface area contributed by atoms with Crippen LogP contribution in [0.1, 0.15) is 13.8 Å². The minimum absolute atomic E-state index is 0.139. The summed E-state index contributed by atoms with van der Waals surface area (Å²) in [6.07, 6.45) is -4.53. The van der Waals surface area contributed by atoms with Gasteiger partial charge in [0.05, 0.1) is 17.5 Å². The molecule has 1 atom stereocenters. The topological polar surface area (TPSA) is 66.6 Å². The lowest BCUT2D eigenvalue weighted by Crippen LogP contribution is -2.48. The molecule has 106 valence electrons. The third kappa shape index (κ3) is 5.63. The first-order chi connectivity index (χ1) is 8.10. The molecule has 0 saturated heterocycles. The van der Waals surface area contributed by atoms with Crippen LogP contribution in [-0.2, 0) is 4.79 Å². The van der Waals surface area contributed by atoms with Gasteiger partial charge < -0.3 is 15.7 Å². The van der Waals surface area contributed by atoms with Crippen molar-refractivity contribution in [1.82, 2.24) is 4.90 Å². The van der Waals surface area contributed by atoms with Gasteiger partial charge in [-0.05, 0) is 5.92 Å². The van der Waals surface area contributed by atoms with E-state index >= 15 is 0 Å². The van der Waals surface area contributed by atoms with Crippen molar-refractivity contribution in [3.05, 3.63) is 0 Å². The summed E-state index contributed by atoms with van der Waals surface area (Å²) in [6, 6.07) is 0. The molecule has 0 bridgehead atoms. The van der Waals surface area contributed by atoms with E-state index in [-0.39, 0.29) is 10.9 Å². The van der Waals surface area contributed by atoms with Gasteiger partial charge in [0.25, 0.3) is 0 Å². The average Bonchev–Trinajstić information content (AvgIpc) is 2.13. The van der Waals surface area contributed by atoms with Gasteiger partial charge in [0, 0.05) is 6.54 Å². The molecule has 1 unspecified atom stereocenters. The molecule has 0 heterocycles. The van der Waals surface area contributed by atoms with Crippen LogP contribution in [0.5, 0.6) is 0 Å². The normalized spacial score (nSPS) is 13.5. The van der Waals surface area contributed by atoms with Crippen LogP contribution in [-0.4, -0.2) is 46.8 Å². The van der Waals surface area contributed by atoms with Gasteiger partial charge in [0.2, 0.25) is 5.91 Å². The third-order valence-electron chi connectivity index (χ3n) is 2.29. The fourth-order valence-electron chi connectivity index (χ4n) is 1.54. The van der Waals surface area contributed by atoms with E-state index in [0.29, 0.717) is 4.90 Å². The lowest BCUT2D eigenvalue weighted by molar-refractivity contribution is -0.163. The molecule has 0 aliphatic rings. The van der Waals surface area contributed by atoms with Crippen LogP contribution in [0.4, 0.5) is 13.2 Å². The van der Waals surface area contributed by atoms with Crippen molar-refractivity contribution in [3.8, 4) is 0 Å². The number of thiocarbonyl (C=S) groups is 1. The number of alkyl halides is 3. The second-order valence-corrected chi connectivity index (χ2v) is 4.69. The number of aliphatic hydroxyl groups is 1. The predicted molar refractivity (Wildman–Crippen MR) is 64.8 cm³/mol. The zero-order valence-electron chi connectivity index (χ0n) is 10.2. The summed E-state index contributed by atoms with van der Waals surface area (Å²) in [5, 5.41) is 8.72. The van der Waals surface area contributed by atoms with Gasteiger partial charge >= 0.3 is 6.18 Å². The molecule has 0 saturated carbocycles. The second-order valence-electron chi connectivity index (χ2n) is 4.22. The first-order valence-electron chi connectivity index (χ1n) is 5.36. The van der Waals surface area contributed by atoms with Crippen LogP contribution in [0.3, 0.4) is 0 Å². The standard InChI is InChI=1S/C10H17F3N2O2S/c1-6(2)7(8(14)18)9(17)15(3-4-16)5-10(11,12)13/h6-7,16H,3-5H2,1-2H3,(H2,14,18). The van der Waals surface area contributed by atoms with Crippen molar-refractivity contribution in [2.24, 2.45) is 17.6 Å². The molecule has 0 rings (SSSR count). The fourth-order valence-corrected chi connectivity index (χ4v) is 1.91. The summed E-state index contributed by atoms with van der Waals surface area (Å²) in [7, 11) is 0. The number of carbonyl (C=O) groups is 1. The molecule has 1 amide bonds. The third-order valence-corrected chi connectivity index (χ3v) is 2.54. The second kappa shape index (κ2) is 6.89. The number of hydrogen-bond donors (Lipinski definition) is 2. The van der Waals surface area contributed by atoms with Gasteiger partial charge in [0.15, 0.2) is 0 Å². The largest absolute Gasteiger partial charge is 0.406 e. The number of nitrogens with two attached hydrogens (primary N) is 1. The molecule has 0 aromatic heterocycles. The van der Waals surface area contributed by atoms with Crippen LogP contribution < -0.4 is 5.73 Å². The quantitative estimate of drug-likeness (QED) is 0.713. The number of halogens is 3. The molecule has 18 heavy (non-hydrogen) atoms. The van der Waals surface area contributed by atoms with Gasteiger partial charge in [-0.15, -0.1) is 0 Å². The predicted octanol–water partition coefficient (Wildman–Crippen LogP) is 0.928. The molecule has 0 spiro atoms. The molecule has 0 aliphatic carbocycles. The average molecular weight is 286 g/mol. The maximum absolute atomic E-state index is 12.3. The van der Waals surface area contributed by atoms with Crippen LogP contribution in [0.2, 0.25) is 0 Å². The highest BCUT2D eigenvalue weighted by Gasteiger charge is 2.36. The monoisotopic (exact) mass is 286 g/mol. The zero-order valence-corrected chi connectivity index (χ0v) is 11.0.